The molecule has 1 fully saturated rings. The third kappa shape index (κ3) is 3.58. The molecule has 0 bridgehead atoms. The van der Waals surface area contributed by atoms with Crippen molar-refractivity contribution >= 4 is 18.3 Å². The first-order chi connectivity index (χ1) is 12.7. The molecule has 3 heterocycles. The first kappa shape index (κ1) is 20.5. The summed E-state index contributed by atoms with van der Waals surface area (Å²) in [4.78, 5) is 13.2. The van der Waals surface area contributed by atoms with E-state index < -0.39 is 36.8 Å². The SMILES string of the molecule is Cl.O=C(c1ccc(-n2nc(C(F)(F)F)c3c2CNCC3)cc1)N1CC(F)(F)C1. The van der Waals surface area contributed by atoms with Crippen LogP contribution in [0.5, 0.6) is 0 Å². The van der Waals surface area contributed by atoms with Crippen LogP contribution in [-0.4, -0.2) is 46.1 Å². The van der Waals surface area contributed by atoms with Crippen molar-refractivity contribution in [2.45, 2.75) is 25.1 Å². The van der Waals surface area contributed by atoms with Gasteiger partial charge in [0.1, 0.15) is 0 Å². The number of halogens is 6. The minimum Gasteiger partial charge on any atom is -0.326 e. The summed E-state index contributed by atoms with van der Waals surface area (Å²) in [7, 11) is 0. The Bertz CT molecular complexity index is 886. The number of hydrogen-bond donors (Lipinski definition) is 1. The van der Waals surface area contributed by atoms with Crippen LogP contribution in [0.25, 0.3) is 5.69 Å². The molecule has 5 nitrogen and oxygen atoms in total. The van der Waals surface area contributed by atoms with Gasteiger partial charge in [-0.05, 0) is 37.2 Å². The van der Waals surface area contributed by atoms with E-state index in [0.29, 0.717) is 17.9 Å². The number of carbonyl (C=O) groups excluding carboxylic acids is 1. The van der Waals surface area contributed by atoms with E-state index >= 15 is 0 Å². The molecule has 4 rings (SSSR count). The highest BCUT2D eigenvalue weighted by molar-refractivity contribution is 5.95. The molecule has 1 aromatic heterocycles. The van der Waals surface area contributed by atoms with Crippen LogP contribution >= 0.6 is 12.4 Å². The number of alkyl halides is 5. The van der Waals surface area contributed by atoms with Gasteiger partial charge in [0.2, 0.25) is 0 Å². The Morgan fingerprint density at radius 3 is 2.36 bits per heavy atom. The van der Waals surface area contributed by atoms with Gasteiger partial charge in [-0.15, -0.1) is 12.4 Å². The van der Waals surface area contributed by atoms with Gasteiger partial charge < -0.3 is 10.2 Å². The van der Waals surface area contributed by atoms with Crippen LogP contribution < -0.4 is 5.32 Å². The van der Waals surface area contributed by atoms with E-state index in [2.05, 4.69) is 10.4 Å². The van der Waals surface area contributed by atoms with Gasteiger partial charge in [0.25, 0.3) is 11.8 Å². The van der Waals surface area contributed by atoms with Crippen molar-refractivity contribution in [3.63, 3.8) is 0 Å². The smallest absolute Gasteiger partial charge is 0.326 e. The van der Waals surface area contributed by atoms with Crippen molar-refractivity contribution in [3.05, 3.63) is 46.8 Å². The van der Waals surface area contributed by atoms with Crippen molar-refractivity contribution in [3.8, 4) is 5.69 Å². The zero-order chi connectivity index (χ0) is 19.4. The summed E-state index contributed by atoms with van der Waals surface area (Å²) in [5.74, 6) is -3.39. The summed E-state index contributed by atoms with van der Waals surface area (Å²) >= 11 is 0. The third-order valence-corrected chi connectivity index (χ3v) is 4.69. The molecule has 2 aliphatic rings. The zero-order valence-electron chi connectivity index (χ0n) is 14.4. The highest BCUT2D eigenvalue weighted by atomic mass is 35.5. The Labute approximate surface area is 162 Å². The van der Waals surface area contributed by atoms with Gasteiger partial charge in [0.05, 0.1) is 24.5 Å². The lowest BCUT2D eigenvalue weighted by atomic mass is 10.1. The highest BCUT2D eigenvalue weighted by Crippen LogP contribution is 2.35. The predicted molar refractivity (Wildman–Crippen MR) is 92.1 cm³/mol. The summed E-state index contributed by atoms with van der Waals surface area (Å²) < 4.78 is 66.8. The van der Waals surface area contributed by atoms with Gasteiger partial charge in [-0.1, -0.05) is 0 Å². The standard InChI is InChI=1S/C17H15F5N4O.ClH/c18-16(19)8-25(9-16)15(27)10-1-3-11(4-2-10)26-13-7-23-6-5-12(13)14(24-26)17(20,21)22;/h1-4,23H,5-9H2;1H. The number of carbonyl (C=O) groups is 1. The summed E-state index contributed by atoms with van der Waals surface area (Å²) in [6.45, 7) is -0.556. The van der Waals surface area contributed by atoms with Crippen LogP contribution in [0, 0.1) is 0 Å². The number of likely N-dealkylation sites (tertiary alicyclic amines) is 1. The Morgan fingerprint density at radius 2 is 1.79 bits per heavy atom. The van der Waals surface area contributed by atoms with E-state index in [9.17, 15) is 26.7 Å². The first-order valence-electron chi connectivity index (χ1n) is 8.32. The van der Waals surface area contributed by atoms with Crippen molar-refractivity contribution in [2.24, 2.45) is 0 Å². The number of fused-ring (bicyclic) bond motifs is 1. The summed E-state index contributed by atoms with van der Waals surface area (Å²) in [5.41, 5.74) is 0.265. The van der Waals surface area contributed by atoms with Crippen molar-refractivity contribution in [1.29, 1.82) is 0 Å². The number of nitrogens with one attached hydrogen (secondary N) is 1. The van der Waals surface area contributed by atoms with Crippen LogP contribution in [0.2, 0.25) is 0 Å². The van der Waals surface area contributed by atoms with E-state index in [1.807, 2.05) is 0 Å². The number of hydrogen-bond acceptors (Lipinski definition) is 3. The lowest BCUT2D eigenvalue weighted by molar-refractivity contribution is -0.142. The predicted octanol–water partition coefficient (Wildman–Crippen LogP) is 3.05. The van der Waals surface area contributed by atoms with Crippen LogP contribution in [0.3, 0.4) is 0 Å². The van der Waals surface area contributed by atoms with Crippen molar-refractivity contribution < 1.29 is 26.7 Å². The molecule has 2 aliphatic heterocycles. The van der Waals surface area contributed by atoms with Crippen LogP contribution in [-0.2, 0) is 19.1 Å². The zero-order valence-corrected chi connectivity index (χ0v) is 15.2. The van der Waals surface area contributed by atoms with E-state index in [4.69, 9.17) is 0 Å². The molecule has 0 saturated carbocycles. The maximum Gasteiger partial charge on any atom is 0.435 e. The fourth-order valence-corrected chi connectivity index (χ4v) is 3.37. The largest absolute Gasteiger partial charge is 0.435 e. The van der Waals surface area contributed by atoms with Crippen LogP contribution in [0.15, 0.2) is 24.3 Å². The molecule has 1 saturated heterocycles. The maximum atomic E-state index is 13.3. The van der Waals surface area contributed by atoms with Gasteiger partial charge in [0.15, 0.2) is 5.69 Å². The molecule has 1 N–H and O–H groups in total. The Hall–Kier alpha value is -2.20. The van der Waals surface area contributed by atoms with Gasteiger partial charge in [0, 0.05) is 17.7 Å². The summed E-state index contributed by atoms with van der Waals surface area (Å²) in [6, 6.07) is 5.75. The molecule has 0 atom stereocenters. The van der Waals surface area contributed by atoms with E-state index in [1.165, 1.54) is 28.9 Å². The Balaban J connectivity index is 0.00000225. The molecular formula is C17H16ClF5N4O. The van der Waals surface area contributed by atoms with Crippen LogP contribution in [0.1, 0.15) is 27.3 Å². The topological polar surface area (TPSA) is 50.2 Å². The monoisotopic (exact) mass is 422 g/mol. The van der Waals surface area contributed by atoms with Crippen molar-refractivity contribution in [1.82, 2.24) is 20.0 Å². The lowest BCUT2D eigenvalue weighted by Crippen LogP contribution is -2.58. The molecular weight excluding hydrogens is 407 g/mol. The van der Waals surface area contributed by atoms with E-state index in [-0.39, 0.29) is 36.5 Å². The number of aromatic nitrogens is 2. The fraction of sp³-hybridized carbons (Fsp3) is 0.412. The second-order valence-electron chi connectivity index (χ2n) is 6.67. The molecule has 1 aromatic carbocycles. The summed E-state index contributed by atoms with van der Waals surface area (Å²) in [6.07, 6.45) is -4.32. The fourth-order valence-electron chi connectivity index (χ4n) is 3.37. The van der Waals surface area contributed by atoms with Crippen molar-refractivity contribution in [2.75, 3.05) is 19.6 Å². The Kier molecular flexibility index (Phi) is 5.13. The third-order valence-electron chi connectivity index (χ3n) is 4.69. The normalized spacial score (nSPS) is 18.1. The molecule has 0 unspecified atom stereocenters. The molecule has 0 spiro atoms. The minimum absolute atomic E-state index is 0. The molecule has 11 heteroatoms. The van der Waals surface area contributed by atoms with E-state index in [0.717, 1.165) is 4.90 Å². The molecule has 2 aromatic rings. The average Bonchev–Trinajstić information content (AvgIpc) is 2.99. The molecule has 0 aliphatic carbocycles. The molecule has 28 heavy (non-hydrogen) atoms. The molecule has 152 valence electrons. The number of amides is 1. The minimum atomic E-state index is -4.55. The second kappa shape index (κ2) is 7.00. The molecule has 0 radical (unpaired) electrons. The molecule has 1 amide bonds. The first-order valence-corrected chi connectivity index (χ1v) is 8.32. The van der Waals surface area contributed by atoms with Gasteiger partial charge in [-0.3, -0.25) is 4.79 Å². The van der Waals surface area contributed by atoms with Gasteiger partial charge in [-0.2, -0.15) is 18.3 Å². The maximum absolute atomic E-state index is 13.3. The second-order valence-corrected chi connectivity index (χ2v) is 6.67. The summed E-state index contributed by atoms with van der Waals surface area (Å²) in [5, 5.41) is 6.77. The quantitative estimate of drug-likeness (QED) is 0.757. The Morgan fingerprint density at radius 1 is 1.14 bits per heavy atom. The number of benzene rings is 1. The highest BCUT2D eigenvalue weighted by Gasteiger charge is 2.46. The van der Waals surface area contributed by atoms with Gasteiger partial charge in [-0.25, -0.2) is 13.5 Å². The number of nitrogens with zero attached hydrogens (tertiary/aromatic N) is 3. The van der Waals surface area contributed by atoms with E-state index in [1.54, 1.807) is 0 Å². The number of rotatable bonds is 2. The average molecular weight is 423 g/mol. The van der Waals surface area contributed by atoms with Crippen LogP contribution in [0.4, 0.5) is 22.0 Å². The van der Waals surface area contributed by atoms with Gasteiger partial charge >= 0.3 is 6.18 Å². The lowest BCUT2D eigenvalue weighted by Gasteiger charge is -2.38.